The zero-order chi connectivity index (χ0) is 16.8. The molecule has 0 aliphatic carbocycles. The maximum Gasteiger partial charge on any atom is 0.129 e. The molecule has 0 radical (unpaired) electrons. The molecule has 2 aromatic rings. The molecule has 0 unspecified atom stereocenters. The highest BCUT2D eigenvalue weighted by atomic mass is 35.5. The first-order valence-electron chi connectivity index (χ1n) is 7.88. The third kappa shape index (κ3) is 2.36. The summed E-state index contributed by atoms with van der Waals surface area (Å²) in [5, 5.41) is 25.9. The number of nitrogens with zero attached hydrogens (tertiary/aromatic N) is 3. The van der Waals surface area contributed by atoms with Gasteiger partial charge < -0.3 is 15.3 Å². The lowest BCUT2D eigenvalue weighted by atomic mass is 9.86. The molecule has 2 aliphatic rings. The van der Waals surface area contributed by atoms with E-state index in [1.165, 1.54) is 11.1 Å². The summed E-state index contributed by atoms with van der Waals surface area (Å²) in [6, 6.07) is 9.65. The summed E-state index contributed by atoms with van der Waals surface area (Å²) in [7, 11) is 2.10. The van der Waals surface area contributed by atoms with Crippen LogP contribution in [0.1, 0.15) is 16.7 Å². The first-order valence-corrected chi connectivity index (χ1v) is 8.26. The summed E-state index contributed by atoms with van der Waals surface area (Å²) in [6.45, 7) is 1.80. The summed E-state index contributed by atoms with van der Waals surface area (Å²) < 4.78 is 0. The Morgan fingerprint density at radius 1 is 1.17 bits per heavy atom. The molecule has 0 saturated carbocycles. The van der Waals surface area contributed by atoms with E-state index < -0.39 is 0 Å². The van der Waals surface area contributed by atoms with Crippen molar-refractivity contribution >= 4 is 23.1 Å². The second-order valence-corrected chi connectivity index (χ2v) is 6.81. The average Bonchev–Trinajstić information content (AvgIpc) is 2.91. The molecule has 0 saturated heterocycles. The van der Waals surface area contributed by atoms with Gasteiger partial charge in [0.05, 0.1) is 5.69 Å². The standard InChI is InChI=1S/C18H18ClN3O2/c1-21-7-6-13-15-9-18(20-23)22(24)17(15)8-14(16(13)10-21)11-2-4-12(19)5-3-11/h2-5,8,23-24H,6-7,9-10H2,1H3/p-1. The van der Waals surface area contributed by atoms with E-state index >= 15 is 0 Å². The summed E-state index contributed by atoms with van der Waals surface area (Å²) >= 11 is 6.01. The molecule has 0 aromatic heterocycles. The van der Waals surface area contributed by atoms with E-state index in [4.69, 9.17) is 11.6 Å². The van der Waals surface area contributed by atoms with Crippen LogP contribution in [0.15, 0.2) is 35.5 Å². The summed E-state index contributed by atoms with van der Waals surface area (Å²) in [5.41, 5.74) is 6.29. The summed E-state index contributed by atoms with van der Waals surface area (Å²) in [4.78, 5) is 2.28. The van der Waals surface area contributed by atoms with Crippen molar-refractivity contribution in [1.29, 1.82) is 0 Å². The van der Waals surface area contributed by atoms with Crippen LogP contribution in [0.2, 0.25) is 5.02 Å². The molecule has 0 spiro atoms. The number of rotatable bonds is 1. The zero-order valence-electron chi connectivity index (χ0n) is 13.3. The third-order valence-electron chi connectivity index (χ3n) is 4.88. The maximum atomic E-state index is 11.0. The lowest BCUT2D eigenvalue weighted by molar-refractivity contribution is 0.310. The first-order chi connectivity index (χ1) is 11.6. The number of amidine groups is 1. The molecular formula is C18H17ClN3O2-. The molecule has 0 atom stereocenters. The SMILES string of the molecule is CN1CCc2c(c(-c3ccc(Cl)cc3)cc3c2CC(=N[O-])N3O)C1. The second kappa shape index (κ2) is 5.77. The van der Waals surface area contributed by atoms with Gasteiger partial charge in [-0.25, -0.2) is 5.06 Å². The van der Waals surface area contributed by atoms with Gasteiger partial charge in [0.25, 0.3) is 0 Å². The smallest absolute Gasteiger partial charge is 0.129 e. The number of halogens is 1. The number of likely N-dealkylation sites (N-methyl/N-ethyl adjacent to an activating group) is 1. The van der Waals surface area contributed by atoms with Crippen LogP contribution in [0.3, 0.4) is 0 Å². The highest BCUT2D eigenvalue weighted by Crippen LogP contribution is 2.41. The second-order valence-electron chi connectivity index (χ2n) is 6.37. The largest absolute Gasteiger partial charge is 0.791 e. The molecule has 6 heteroatoms. The van der Waals surface area contributed by atoms with Crippen molar-refractivity contribution in [2.24, 2.45) is 5.16 Å². The Kier molecular flexibility index (Phi) is 3.72. The molecule has 2 aliphatic heterocycles. The van der Waals surface area contributed by atoms with Crippen molar-refractivity contribution < 1.29 is 5.21 Å². The van der Waals surface area contributed by atoms with Gasteiger partial charge in [-0.2, -0.15) is 0 Å². The number of hydroxylamine groups is 1. The summed E-state index contributed by atoms with van der Waals surface area (Å²) in [5.74, 6) is 0.152. The molecule has 1 N–H and O–H groups in total. The highest BCUT2D eigenvalue weighted by Gasteiger charge is 2.31. The molecule has 0 amide bonds. The monoisotopic (exact) mass is 342 g/mol. The minimum atomic E-state index is 0.152. The van der Waals surface area contributed by atoms with Crippen molar-refractivity contribution in [3.8, 4) is 11.1 Å². The van der Waals surface area contributed by atoms with Crippen molar-refractivity contribution in [2.75, 3.05) is 18.7 Å². The van der Waals surface area contributed by atoms with Crippen molar-refractivity contribution in [3.63, 3.8) is 0 Å². The van der Waals surface area contributed by atoms with Crippen molar-refractivity contribution in [3.05, 3.63) is 57.3 Å². The molecule has 2 aromatic carbocycles. The first kappa shape index (κ1) is 15.4. The van der Waals surface area contributed by atoms with Crippen molar-refractivity contribution in [1.82, 2.24) is 4.90 Å². The van der Waals surface area contributed by atoms with Gasteiger partial charge >= 0.3 is 0 Å². The van der Waals surface area contributed by atoms with Crippen LogP contribution in [0.25, 0.3) is 11.1 Å². The fourth-order valence-corrected chi connectivity index (χ4v) is 3.79. The van der Waals surface area contributed by atoms with Gasteiger partial charge in [-0.1, -0.05) is 23.7 Å². The lowest BCUT2D eigenvalue weighted by Crippen LogP contribution is -2.28. The average molecular weight is 343 g/mol. The molecule has 0 fully saturated rings. The van der Waals surface area contributed by atoms with Crippen LogP contribution in [0, 0.1) is 5.21 Å². The predicted molar refractivity (Wildman–Crippen MR) is 95.7 cm³/mol. The van der Waals surface area contributed by atoms with Gasteiger partial charge in [0.1, 0.15) is 5.84 Å². The van der Waals surface area contributed by atoms with E-state index in [0.717, 1.165) is 41.3 Å². The molecule has 24 heavy (non-hydrogen) atoms. The quantitative estimate of drug-likeness (QED) is 0.804. The van der Waals surface area contributed by atoms with E-state index in [-0.39, 0.29) is 5.84 Å². The highest BCUT2D eigenvalue weighted by molar-refractivity contribution is 6.30. The Morgan fingerprint density at radius 3 is 2.62 bits per heavy atom. The van der Waals surface area contributed by atoms with Crippen molar-refractivity contribution in [2.45, 2.75) is 19.4 Å². The van der Waals surface area contributed by atoms with Crippen LogP contribution in [-0.2, 0) is 19.4 Å². The lowest BCUT2D eigenvalue weighted by Gasteiger charge is -2.29. The van der Waals surface area contributed by atoms with E-state index in [1.807, 2.05) is 30.3 Å². The number of benzene rings is 2. The van der Waals surface area contributed by atoms with Gasteiger partial charge in [-0.3, -0.25) is 5.21 Å². The molecule has 2 heterocycles. The normalized spacial score (nSPS) is 18.8. The number of hydrogen-bond donors (Lipinski definition) is 1. The minimum Gasteiger partial charge on any atom is -0.791 e. The number of fused-ring (bicyclic) bond motifs is 3. The predicted octanol–water partition coefficient (Wildman–Crippen LogP) is 3.64. The van der Waals surface area contributed by atoms with E-state index in [2.05, 4.69) is 17.1 Å². The molecule has 5 nitrogen and oxygen atoms in total. The van der Waals surface area contributed by atoms with Gasteiger partial charge in [-0.15, -0.1) is 0 Å². The third-order valence-corrected chi connectivity index (χ3v) is 5.14. The van der Waals surface area contributed by atoms with E-state index in [9.17, 15) is 10.4 Å². The molecule has 0 bridgehead atoms. The fraction of sp³-hybridized carbons (Fsp3) is 0.278. The Labute approximate surface area is 145 Å². The van der Waals surface area contributed by atoms with Crippen LogP contribution < -0.4 is 5.06 Å². The van der Waals surface area contributed by atoms with Crippen LogP contribution in [0.5, 0.6) is 0 Å². The van der Waals surface area contributed by atoms with Gasteiger partial charge in [0, 0.05) is 24.5 Å². The maximum absolute atomic E-state index is 11.0. The molecule has 124 valence electrons. The molecule has 4 rings (SSSR count). The topological polar surface area (TPSA) is 62.1 Å². The van der Waals surface area contributed by atoms with E-state index in [0.29, 0.717) is 17.1 Å². The summed E-state index contributed by atoms with van der Waals surface area (Å²) in [6.07, 6.45) is 1.29. The zero-order valence-corrected chi connectivity index (χ0v) is 14.0. The Morgan fingerprint density at radius 2 is 1.92 bits per heavy atom. The minimum absolute atomic E-state index is 0.152. The fourth-order valence-electron chi connectivity index (χ4n) is 3.66. The number of hydrogen-bond acceptors (Lipinski definition) is 4. The Bertz CT molecular complexity index is 833. The van der Waals surface area contributed by atoms with Gasteiger partial charge in [-0.05, 0) is 59.5 Å². The van der Waals surface area contributed by atoms with Gasteiger partial charge in [0.2, 0.25) is 0 Å². The Hall–Kier alpha value is -2.08. The Balaban J connectivity index is 1.94. The van der Waals surface area contributed by atoms with Gasteiger partial charge in [0.15, 0.2) is 0 Å². The van der Waals surface area contributed by atoms with Crippen LogP contribution in [-0.4, -0.2) is 29.5 Å². The number of anilines is 1. The van der Waals surface area contributed by atoms with E-state index in [1.54, 1.807) is 0 Å². The van der Waals surface area contributed by atoms with Crippen LogP contribution in [0.4, 0.5) is 5.69 Å². The van der Waals surface area contributed by atoms with Crippen LogP contribution >= 0.6 is 11.6 Å². The molecular weight excluding hydrogens is 326 g/mol.